The van der Waals surface area contributed by atoms with Gasteiger partial charge in [-0.1, -0.05) is 0 Å². The van der Waals surface area contributed by atoms with Gasteiger partial charge in [-0.2, -0.15) is 17.0 Å². The van der Waals surface area contributed by atoms with Gasteiger partial charge in [0.1, 0.15) is 0 Å². The molecule has 0 amide bonds. The van der Waals surface area contributed by atoms with Crippen LogP contribution in [-0.4, -0.2) is 54.9 Å². The maximum absolute atomic E-state index is 11.8. The first kappa shape index (κ1) is 12.3. The van der Waals surface area contributed by atoms with Crippen molar-refractivity contribution in [2.75, 3.05) is 27.2 Å². The lowest BCUT2D eigenvalue weighted by Crippen LogP contribution is -2.46. The predicted molar refractivity (Wildman–Crippen MR) is 61.1 cm³/mol. The lowest BCUT2D eigenvalue weighted by molar-refractivity contribution is 0.0528. The molecule has 0 bridgehead atoms. The number of rotatable bonds is 3. The van der Waals surface area contributed by atoms with E-state index in [1.807, 2.05) is 0 Å². The second-order valence-corrected chi connectivity index (χ2v) is 7.21. The molecule has 1 aliphatic heterocycles. The summed E-state index contributed by atoms with van der Waals surface area (Å²) >= 11 is 0. The van der Waals surface area contributed by atoms with Gasteiger partial charge in [0.25, 0.3) is 10.2 Å². The molecule has 1 saturated carbocycles. The molecule has 0 radical (unpaired) electrons. The van der Waals surface area contributed by atoms with Crippen molar-refractivity contribution in [3.8, 4) is 0 Å². The summed E-state index contributed by atoms with van der Waals surface area (Å²) in [6.07, 6.45) is 3.34. The zero-order chi connectivity index (χ0) is 12.0. The highest BCUT2D eigenvalue weighted by Gasteiger charge is 2.48. The fourth-order valence-electron chi connectivity index (χ4n) is 2.39. The van der Waals surface area contributed by atoms with Gasteiger partial charge in [0.15, 0.2) is 0 Å². The van der Waals surface area contributed by atoms with Crippen LogP contribution in [0.15, 0.2) is 0 Å². The Morgan fingerprint density at radius 1 is 1.25 bits per heavy atom. The number of hydrogen-bond acceptors (Lipinski definition) is 3. The number of piperidine rings is 1. The van der Waals surface area contributed by atoms with Crippen molar-refractivity contribution in [2.45, 2.75) is 31.3 Å². The van der Waals surface area contributed by atoms with Crippen molar-refractivity contribution in [3.63, 3.8) is 0 Å². The van der Waals surface area contributed by atoms with Gasteiger partial charge in [-0.05, 0) is 31.6 Å². The number of nitrogens with zero attached hydrogens (tertiary/aromatic N) is 2. The maximum Gasteiger partial charge on any atom is 0.281 e. The van der Waals surface area contributed by atoms with E-state index in [0.29, 0.717) is 19.0 Å². The van der Waals surface area contributed by atoms with Gasteiger partial charge >= 0.3 is 0 Å². The average molecular weight is 248 g/mol. The fourth-order valence-corrected chi connectivity index (χ4v) is 3.53. The third-order valence-electron chi connectivity index (χ3n) is 3.76. The van der Waals surface area contributed by atoms with Crippen LogP contribution in [-0.2, 0) is 10.2 Å². The summed E-state index contributed by atoms with van der Waals surface area (Å²) in [6, 6.07) is 0. The standard InChI is InChI=1S/C10H20N2O3S/c1-11(2)16(14,15)12-7-3-9(4-8-12)10(13)5-6-10/h9,13H,3-8H2,1-2H3. The molecule has 5 nitrogen and oxygen atoms in total. The van der Waals surface area contributed by atoms with E-state index in [9.17, 15) is 13.5 Å². The monoisotopic (exact) mass is 248 g/mol. The number of hydrogen-bond donors (Lipinski definition) is 1. The van der Waals surface area contributed by atoms with Crippen molar-refractivity contribution in [3.05, 3.63) is 0 Å². The molecule has 2 fully saturated rings. The van der Waals surface area contributed by atoms with Gasteiger partial charge in [0.05, 0.1) is 5.60 Å². The third kappa shape index (κ3) is 2.11. The van der Waals surface area contributed by atoms with E-state index in [2.05, 4.69) is 0 Å². The normalized spacial score (nSPS) is 27.2. The molecule has 94 valence electrons. The molecule has 1 saturated heterocycles. The first-order valence-corrected chi connectivity index (χ1v) is 7.16. The van der Waals surface area contributed by atoms with E-state index in [0.717, 1.165) is 25.7 Å². The molecular weight excluding hydrogens is 228 g/mol. The zero-order valence-corrected chi connectivity index (χ0v) is 10.7. The molecule has 16 heavy (non-hydrogen) atoms. The van der Waals surface area contributed by atoms with Crippen molar-refractivity contribution >= 4 is 10.2 Å². The summed E-state index contributed by atoms with van der Waals surface area (Å²) in [5.74, 6) is 0.293. The fraction of sp³-hybridized carbons (Fsp3) is 1.00. The van der Waals surface area contributed by atoms with Gasteiger partial charge in [-0.25, -0.2) is 0 Å². The Balaban J connectivity index is 1.95. The molecular formula is C10H20N2O3S. The zero-order valence-electron chi connectivity index (χ0n) is 9.89. The molecule has 0 aromatic heterocycles. The summed E-state index contributed by atoms with van der Waals surface area (Å²) in [6.45, 7) is 1.07. The summed E-state index contributed by atoms with van der Waals surface area (Å²) in [5, 5.41) is 9.97. The highest BCUT2D eigenvalue weighted by atomic mass is 32.2. The summed E-state index contributed by atoms with van der Waals surface area (Å²) in [4.78, 5) is 0. The van der Waals surface area contributed by atoms with Crippen LogP contribution in [0.3, 0.4) is 0 Å². The Labute approximate surface area is 97.2 Å². The Morgan fingerprint density at radius 3 is 2.12 bits per heavy atom. The first-order valence-electron chi connectivity index (χ1n) is 5.76. The summed E-state index contributed by atoms with van der Waals surface area (Å²) in [7, 11) is -0.161. The average Bonchev–Trinajstić information content (AvgIpc) is 2.98. The van der Waals surface area contributed by atoms with Gasteiger partial charge in [0, 0.05) is 27.2 Å². The second-order valence-electron chi connectivity index (χ2n) is 5.07. The van der Waals surface area contributed by atoms with Crippen LogP contribution in [0.4, 0.5) is 0 Å². The highest BCUT2D eigenvalue weighted by molar-refractivity contribution is 7.86. The molecule has 0 aromatic carbocycles. The lowest BCUT2D eigenvalue weighted by Gasteiger charge is -2.34. The van der Waals surface area contributed by atoms with E-state index in [4.69, 9.17) is 0 Å². The topological polar surface area (TPSA) is 60.9 Å². The van der Waals surface area contributed by atoms with E-state index in [-0.39, 0.29) is 0 Å². The minimum atomic E-state index is -3.26. The molecule has 6 heteroatoms. The largest absolute Gasteiger partial charge is 0.390 e. The van der Waals surface area contributed by atoms with Crippen LogP contribution in [0.1, 0.15) is 25.7 Å². The van der Waals surface area contributed by atoms with Crippen LogP contribution in [0.5, 0.6) is 0 Å². The van der Waals surface area contributed by atoms with Crippen molar-refractivity contribution < 1.29 is 13.5 Å². The minimum Gasteiger partial charge on any atom is -0.390 e. The SMILES string of the molecule is CN(C)S(=O)(=O)N1CCC(C2(O)CC2)CC1. The summed E-state index contributed by atoms with van der Waals surface area (Å²) in [5.41, 5.74) is -0.464. The van der Waals surface area contributed by atoms with E-state index in [1.165, 1.54) is 8.61 Å². The molecule has 1 heterocycles. The third-order valence-corrected chi connectivity index (χ3v) is 5.70. The molecule has 1 aliphatic carbocycles. The first-order chi connectivity index (χ1) is 7.36. The van der Waals surface area contributed by atoms with Crippen LogP contribution >= 0.6 is 0 Å². The van der Waals surface area contributed by atoms with Gasteiger partial charge in [0.2, 0.25) is 0 Å². The molecule has 0 atom stereocenters. The Kier molecular flexibility index (Phi) is 3.03. The van der Waals surface area contributed by atoms with E-state index >= 15 is 0 Å². The number of aliphatic hydroxyl groups is 1. The molecule has 0 aromatic rings. The Morgan fingerprint density at radius 2 is 1.75 bits per heavy atom. The van der Waals surface area contributed by atoms with Crippen LogP contribution in [0.2, 0.25) is 0 Å². The van der Waals surface area contributed by atoms with Crippen molar-refractivity contribution in [1.82, 2.24) is 8.61 Å². The van der Waals surface area contributed by atoms with Crippen molar-refractivity contribution in [2.24, 2.45) is 5.92 Å². The Bertz CT molecular complexity index is 354. The lowest BCUT2D eigenvalue weighted by atomic mass is 9.90. The van der Waals surface area contributed by atoms with Crippen LogP contribution < -0.4 is 0 Å². The quantitative estimate of drug-likeness (QED) is 0.766. The molecule has 0 spiro atoms. The van der Waals surface area contributed by atoms with Crippen LogP contribution in [0.25, 0.3) is 0 Å². The van der Waals surface area contributed by atoms with E-state index in [1.54, 1.807) is 14.1 Å². The Hall–Kier alpha value is -0.170. The molecule has 1 N–H and O–H groups in total. The van der Waals surface area contributed by atoms with Gasteiger partial charge < -0.3 is 5.11 Å². The smallest absolute Gasteiger partial charge is 0.281 e. The maximum atomic E-state index is 11.8. The van der Waals surface area contributed by atoms with E-state index < -0.39 is 15.8 Å². The summed E-state index contributed by atoms with van der Waals surface area (Å²) < 4.78 is 26.5. The predicted octanol–water partition coefficient (Wildman–Crippen LogP) is 0.0297. The van der Waals surface area contributed by atoms with Gasteiger partial charge in [-0.3, -0.25) is 0 Å². The second kappa shape index (κ2) is 3.94. The molecule has 0 unspecified atom stereocenters. The van der Waals surface area contributed by atoms with Gasteiger partial charge in [-0.15, -0.1) is 0 Å². The molecule has 2 rings (SSSR count). The highest BCUT2D eigenvalue weighted by Crippen LogP contribution is 2.46. The minimum absolute atomic E-state index is 0.293. The van der Waals surface area contributed by atoms with Crippen LogP contribution in [0, 0.1) is 5.92 Å². The molecule has 2 aliphatic rings. The van der Waals surface area contributed by atoms with Crippen molar-refractivity contribution in [1.29, 1.82) is 0 Å².